The summed E-state index contributed by atoms with van der Waals surface area (Å²) in [6.07, 6.45) is 0. The summed E-state index contributed by atoms with van der Waals surface area (Å²) < 4.78 is 20.5. The van der Waals surface area contributed by atoms with Crippen molar-refractivity contribution < 1.29 is 13.7 Å². The van der Waals surface area contributed by atoms with E-state index < -0.39 is 5.91 Å². The molecule has 0 aliphatic carbocycles. The Morgan fingerprint density at radius 3 is 2.88 bits per heavy atom. The van der Waals surface area contributed by atoms with E-state index in [9.17, 15) is 9.18 Å². The third kappa shape index (κ3) is 2.89. The molecule has 0 radical (unpaired) electrons. The van der Waals surface area contributed by atoms with Crippen LogP contribution in [0.2, 0.25) is 0 Å². The number of anilines is 1. The van der Waals surface area contributed by atoms with Crippen molar-refractivity contribution in [1.29, 1.82) is 0 Å². The molecule has 126 valence electrons. The number of thiazole rings is 1. The minimum atomic E-state index is -0.412. The summed E-state index contributed by atoms with van der Waals surface area (Å²) in [4.78, 5) is 16.7. The molecule has 4 rings (SSSR count). The van der Waals surface area contributed by atoms with Gasteiger partial charge in [0, 0.05) is 12.1 Å². The predicted octanol–water partition coefficient (Wildman–Crippen LogP) is 3.48. The van der Waals surface area contributed by atoms with Crippen LogP contribution in [0.4, 0.5) is 10.2 Å². The lowest BCUT2D eigenvalue weighted by atomic mass is 10.3. The highest BCUT2D eigenvalue weighted by atomic mass is 32.1. The Morgan fingerprint density at radius 1 is 1.28 bits per heavy atom. The minimum absolute atomic E-state index is 0.175. The molecule has 0 spiro atoms. The molecule has 0 bridgehead atoms. The normalized spacial score (nSPS) is 11.2. The average molecular weight is 357 g/mol. The molecule has 0 atom stereocenters. The second kappa shape index (κ2) is 5.78. The van der Waals surface area contributed by atoms with Gasteiger partial charge in [0.1, 0.15) is 17.4 Å². The Morgan fingerprint density at radius 2 is 2.12 bits per heavy atom. The highest BCUT2D eigenvalue weighted by molar-refractivity contribution is 7.20. The van der Waals surface area contributed by atoms with Crippen LogP contribution >= 0.6 is 11.3 Å². The first-order chi connectivity index (χ1) is 12.0. The van der Waals surface area contributed by atoms with Gasteiger partial charge in [-0.2, -0.15) is 9.78 Å². The molecule has 3 heterocycles. The Bertz CT molecular complexity index is 1100. The molecule has 3 aromatic heterocycles. The third-order valence-electron chi connectivity index (χ3n) is 3.45. The number of hydrogen-bond donors (Lipinski definition) is 1. The second-order valence-corrected chi connectivity index (χ2v) is 6.48. The fourth-order valence-corrected chi connectivity index (χ4v) is 3.32. The lowest BCUT2D eigenvalue weighted by Gasteiger charge is -2.04. The molecule has 0 saturated carbocycles. The van der Waals surface area contributed by atoms with Gasteiger partial charge in [0.25, 0.3) is 5.91 Å². The van der Waals surface area contributed by atoms with Crippen LogP contribution in [0.5, 0.6) is 0 Å². The van der Waals surface area contributed by atoms with Gasteiger partial charge in [0.2, 0.25) is 5.13 Å². The number of rotatable bonds is 3. The molecule has 0 aliphatic heterocycles. The molecule has 4 aromatic rings. The fourth-order valence-electron chi connectivity index (χ4n) is 2.36. The maximum atomic E-state index is 13.4. The summed E-state index contributed by atoms with van der Waals surface area (Å²) in [5.41, 5.74) is 1.55. The van der Waals surface area contributed by atoms with E-state index in [-0.39, 0.29) is 11.5 Å². The molecule has 0 saturated heterocycles. The van der Waals surface area contributed by atoms with E-state index >= 15 is 0 Å². The topological polar surface area (TPSA) is 85.8 Å². The zero-order valence-corrected chi connectivity index (χ0v) is 14.1. The number of nitrogens with zero attached hydrogens (tertiary/aromatic N) is 4. The van der Waals surface area contributed by atoms with Crippen LogP contribution in [-0.4, -0.2) is 25.8 Å². The maximum Gasteiger partial charge on any atom is 0.279 e. The van der Waals surface area contributed by atoms with Gasteiger partial charge in [-0.05, 0) is 32.0 Å². The van der Waals surface area contributed by atoms with E-state index in [0.29, 0.717) is 32.6 Å². The first-order valence-electron chi connectivity index (χ1n) is 7.37. The highest BCUT2D eigenvalue weighted by Crippen LogP contribution is 2.28. The van der Waals surface area contributed by atoms with Gasteiger partial charge in [-0.1, -0.05) is 16.5 Å². The summed E-state index contributed by atoms with van der Waals surface area (Å²) in [6.45, 7) is 3.51. The minimum Gasteiger partial charge on any atom is -0.361 e. The molecule has 1 N–H and O–H groups in total. The van der Waals surface area contributed by atoms with Crippen LogP contribution in [0.15, 0.2) is 34.9 Å². The van der Waals surface area contributed by atoms with Gasteiger partial charge in [-0.15, -0.1) is 0 Å². The van der Waals surface area contributed by atoms with Gasteiger partial charge >= 0.3 is 0 Å². The number of halogens is 1. The molecule has 1 aromatic carbocycles. The first-order valence-corrected chi connectivity index (χ1v) is 8.19. The quantitative estimate of drug-likeness (QED) is 0.607. The van der Waals surface area contributed by atoms with E-state index in [1.165, 1.54) is 28.2 Å². The molecule has 9 heteroatoms. The van der Waals surface area contributed by atoms with Crippen LogP contribution in [0.1, 0.15) is 21.9 Å². The van der Waals surface area contributed by atoms with E-state index in [2.05, 4.69) is 20.6 Å². The van der Waals surface area contributed by atoms with Gasteiger partial charge in [-0.3, -0.25) is 4.79 Å². The van der Waals surface area contributed by atoms with Crippen LogP contribution in [-0.2, 0) is 0 Å². The Balaban J connectivity index is 1.71. The molecule has 0 unspecified atom stereocenters. The van der Waals surface area contributed by atoms with Crippen molar-refractivity contribution in [3.05, 3.63) is 53.3 Å². The second-order valence-electron chi connectivity index (χ2n) is 5.47. The number of nitrogens with one attached hydrogen (secondary N) is 1. The van der Waals surface area contributed by atoms with Crippen molar-refractivity contribution >= 4 is 33.3 Å². The lowest BCUT2D eigenvalue weighted by Crippen LogP contribution is -2.15. The Kier molecular flexibility index (Phi) is 3.57. The molecular formula is C16H12FN5O2S. The Labute approximate surface area is 145 Å². The number of carbonyl (C=O) groups excluding carboxylic acids is 1. The zero-order valence-electron chi connectivity index (χ0n) is 13.3. The van der Waals surface area contributed by atoms with Gasteiger partial charge in [-0.25, -0.2) is 9.37 Å². The molecule has 0 fully saturated rings. The summed E-state index contributed by atoms with van der Waals surface area (Å²) in [5.74, 6) is 0.255. The van der Waals surface area contributed by atoms with Gasteiger partial charge in [0.05, 0.1) is 15.9 Å². The van der Waals surface area contributed by atoms with Crippen LogP contribution in [0, 0.1) is 19.7 Å². The average Bonchev–Trinajstić information content (AvgIpc) is 3.25. The molecule has 7 nitrogen and oxygen atoms in total. The predicted molar refractivity (Wildman–Crippen MR) is 90.6 cm³/mol. The van der Waals surface area contributed by atoms with Crippen LogP contribution in [0.3, 0.4) is 0 Å². The Hall–Kier alpha value is -3.07. The molecule has 25 heavy (non-hydrogen) atoms. The summed E-state index contributed by atoms with van der Waals surface area (Å²) in [5, 5.41) is 11.3. The molecular weight excluding hydrogens is 345 g/mol. The molecule has 0 aliphatic rings. The van der Waals surface area contributed by atoms with E-state index in [1.54, 1.807) is 32.0 Å². The van der Waals surface area contributed by atoms with Crippen LogP contribution in [0.25, 0.3) is 15.3 Å². The third-order valence-corrected chi connectivity index (χ3v) is 4.45. The van der Waals surface area contributed by atoms with Crippen molar-refractivity contribution in [3.8, 4) is 5.13 Å². The van der Waals surface area contributed by atoms with Crippen LogP contribution < -0.4 is 5.32 Å². The van der Waals surface area contributed by atoms with E-state index in [0.717, 1.165) is 0 Å². The fraction of sp³-hybridized carbons (Fsp3) is 0.125. The van der Waals surface area contributed by atoms with Crippen molar-refractivity contribution in [3.63, 3.8) is 0 Å². The number of aryl methyl sites for hydroxylation is 2. The SMILES string of the molecule is Cc1cc(NC(=O)c2cc(C)on2)n(-c2nc3ccc(F)cc3s2)n1. The number of aromatic nitrogens is 4. The highest BCUT2D eigenvalue weighted by Gasteiger charge is 2.17. The smallest absolute Gasteiger partial charge is 0.279 e. The van der Waals surface area contributed by atoms with Gasteiger partial charge in [0.15, 0.2) is 5.69 Å². The number of hydrogen-bond acceptors (Lipinski definition) is 6. The van der Waals surface area contributed by atoms with Gasteiger partial charge < -0.3 is 9.84 Å². The van der Waals surface area contributed by atoms with E-state index in [1.807, 2.05) is 0 Å². The summed E-state index contributed by atoms with van der Waals surface area (Å²) in [6, 6.07) is 7.65. The summed E-state index contributed by atoms with van der Waals surface area (Å²) in [7, 11) is 0. The summed E-state index contributed by atoms with van der Waals surface area (Å²) >= 11 is 1.28. The standard InChI is InChI=1S/C16H12FN5O2S/c1-8-5-14(19-15(23)12-6-9(2)24-21-12)22(20-8)16-18-11-4-3-10(17)7-13(11)25-16/h3-7H,1-2H3,(H,19,23). The largest absolute Gasteiger partial charge is 0.361 e. The van der Waals surface area contributed by atoms with Crippen molar-refractivity contribution in [1.82, 2.24) is 19.9 Å². The number of carbonyl (C=O) groups is 1. The zero-order chi connectivity index (χ0) is 17.6. The first kappa shape index (κ1) is 15.5. The lowest BCUT2D eigenvalue weighted by molar-refractivity contribution is 0.101. The number of fused-ring (bicyclic) bond motifs is 1. The number of amides is 1. The van der Waals surface area contributed by atoms with Crippen molar-refractivity contribution in [2.75, 3.05) is 5.32 Å². The molecule has 1 amide bonds. The number of benzene rings is 1. The van der Waals surface area contributed by atoms with Crippen molar-refractivity contribution in [2.24, 2.45) is 0 Å². The van der Waals surface area contributed by atoms with Crippen molar-refractivity contribution in [2.45, 2.75) is 13.8 Å². The maximum absolute atomic E-state index is 13.4. The van der Waals surface area contributed by atoms with E-state index in [4.69, 9.17) is 4.52 Å². The monoisotopic (exact) mass is 357 g/mol.